The molecule has 0 spiro atoms. The number of piperidine rings is 1. The van der Waals surface area contributed by atoms with Gasteiger partial charge in [0.1, 0.15) is 0 Å². The molecule has 0 bridgehead atoms. The number of alkyl halides is 3. The molecule has 182 valence electrons. The smallest absolute Gasteiger partial charge is 0.378 e. The fourth-order valence-corrected chi connectivity index (χ4v) is 4.83. The van der Waals surface area contributed by atoms with E-state index < -0.39 is 21.9 Å². The summed E-state index contributed by atoms with van der Waals surface area (Å²) in [6.45, 7) is 6.99. The molecule has 1 saturated heterocycles. The second-order valence-corrected chi connectivity index (χ2v) is 9.79. The Morgan fingerprint density at radius 3 is 2.38 bits per heavy atom. The maximum absolute atomic E-state index is 12.6. The monoisotopic (exact) mass is 477 g/mol. The minimum absolute atomic E-state index is 0.0336. The average molecular weight is 478 g/mol. The van der Waals surface area contributed by atoms with Gasteiger partial charge >= 0.3 is 16.4 Å². The van der Waals surface area contributed by atoms with Crippen LogP contribution in [0, 0.1) is 0 Å². The van der Waals surface area contributed by atoms with Crippen LogP contribution in [0.2, 0.25) is 0 Å². The van der Waals surface area contributed by atoms with Crippen molar-refractivity contribution in [3.63, 3.8) is 0 Å². The third kappa shape index (κ3) is 9.09. The number of nitrogens with zero attached hydrogens (tertiary/aromatic N) is 2. The van der Waals surface area contributed by atoms with Crippen molar-refractivity contribution in [2.24, 2.45) is 0 Å². The predicted octanol–water partition coefficient (Wildman–Crippen LogP) is 4.52. The largest absolute Gasteiger partial charge is 0.416 e. The molecule has 0 aromatic heterocycles. The van der Waals surface area contributed by atoms with Crippen molar-refractivity contribution in [1.29, 1.82) is 0 Å². The van der Waals surface area contributed by atoms with Gasteiger partial charge in [0, 0.05) is 31.9 Å². The van der Waals surface area contributed by atoms with Crippen LogP contribution < -0.4 is 4.72 Å². The van der Waals surface area contributed by atoms with Gasteiger partial charge in [0.25, 0.3) is 0 Å². The minimum atomic E-state index is -4.46. The number of hydrogen-bond donors (Lipinski definition) is 1. The molecule has 6 nitrogen and oxygen atoms in total. The van der Waals surface area contributed by atoms with E-state index in [1.807, 2.05) is 6.08 Å². The molecule has 0 radical (unpaired) electrons. The third-order valence-corrected chi connectivity index (χ3v) is 6.97. The van der Waals surface area contributed by atoms with Crippen molar-refractivity contribution in [2.45, 2.75) is 50.8 Å². The summed E-state index contributed by atoms with van der Waals surface area (Å²) in [4.78, 5) is 2.23. The zero-order chi connectivity index (χ0) is 23.6. The topological polar surface area (TPSA) is 61.9 Å². The molecule has 0 unspecified atom stereocenters. The van der Waals surface area contributed by atoms with Crippen molar-refractivity contribution in [1.82, 2.24) is 9.21 Å². The molecule has 10 heteroatoms. The minimum Gasteiger partial charge on any atom is -0.378 e. The van der Waals surface area contributed by atoms with Gasteiger partial charge in [-0.1, -0.05) is 18.9 Å². The number of rotatable bonds is 13. The van der Waals surface area contributed by atoms with E-state index in [-0.39, 0.29) is 11.8 Å². The van der Waals surface area contributed by atoms with Crippen LogP contribution in [0.4, 0.5) is 18.9 Å². The number of hydrogen-bond acceptors (Lipinski definition) is 4. The summed E-state index contributed by atoms with van der Waals surface area (Å²) < 4.78 is 72.6. The molecular formula is C22H34F3N3O3S. The Morgan fingerprint density at radius 2 is 1.78 bits per heavy atom. The van der Waals surface area contributed by atoms with Crippen molar-refractivity contribution in [3.8, 4) is 0 Å². The van der Waals surface area contributed by atoms with Gasteiger partial charge in [-0.15, -0.1) is 6.58 Å². The summed E-state index contributed by atoms with van der Waals surface area (Å²) >= 11 is 0. The van der Waals surface area contributed by atoms with Gasteiger partial charge in [0.15, 0.2) is 0 Å². The highest BCUT2D eigenvalue weighted by molar-refractivity contribution is 7.90. The summed E-state index contributed by atoms with van der Waals surface area (Å²) in [7, 11) is -1.74. The maximum Gasteiger partial charge on any atom is 0.416 e. The van der Waals surface area contributed by atoms with E-state index in [0.29, 0.717) is 32.5 Å². The van der Waals surface area contributed by atoms with E-state index >= 15 is 0 Å². The Labute approximate surface area is 189 Å². The van der Waals surface area contributed by atoms with E-state index in [0.717, 1.165) is 63.0 Å². The summed E-state index contributed by atoms with van der Waals surface area (Å²) in [5.41, 5.74) is -0.717. The Morgan fingerprint density at radius 1 is 1.16 bits per heavy atom. The molecule has 1 heterocycles. The molecule has 1 aliphatic rings. The van der Waals surface area contributed by atoms with E-state index in [1.165, 1.54) is 4.31 Å². The highest BCUT2D eigenvalue weighted by atomic mass is 32.2. The van der Waals surface area contributed by atoms with Crippen LogP contribution in [0.3, 0.4) is 0 Å². The fraction of sp³-hybridized carbons (Fsp3) is 0.636. The number of halogens is 3. The molecule has 2 rings (SSSR count). The summed E-state index contributed by atoms with van der Waals surface area (Å²) in [6, 6.07) is 3.95. The molecule has 0 saturated carbocycles. The van der Waals surface area contributed by atoms with Crippen molar-refractivity contribution in [2.75, 3.05) is 44.6 Å². The molecule has 1 aromatic rings. The summed E-state index contributed by atoms with van der Waals surface area (Å²) in [5, 5.41) is 0. The lowest BCUT2D eigenvalue weighted by molar-refractivity contribution is -0.137. The van der Waals surface area contributed by atoms with Crippen LogP contribution in [0.15, 0.2) is 36.9 Å². The Balaban J connectivity index is 1.64. The number of anilines is 1. The highest BCUT2D eigenvalue weighted by Gasteiger charge is 2.31. The van der Waals surface area contributed by atoms with Crippen LogP contribution in [0.1, 0.15) is 44.1 Å². The van der Waals surface area contributed by atoms with Crippen molar-refractivity contribution >= 4 is 15.9 Å². The van der Waals surface area contributed by atoms with E-state index in [4.69, 9.17) is 4.74 Å². The van der Waals surface area contributed by atoms with Gasteiger partial charge in [-0.3, -0.25) is 4.72 Å². The fourth-order valence-electron chi connectivity index (χ4n) is 3.58. The summed E-state index contributed by atoms with van der Waals surface area (Å²) in [5.74, 6) is 0. The average Bonchev–Trinajstić information content (AvgIpc) is 2.73. The second-order valence-electron chi connectivity index (χ2n) is 8.12. The lowest BCUT2D eigenvalue weighted by atomic mass is 10.1. The van der Waals surface area contributed by atoms with Gasteiger partial charge in [-0.05, 0) is 63.5 Å². The lowest BCUT2D eigenvalue weighted by Gasteiger charge is -2.31. The van der Waals surface area contributed by atoms with Crippen molar-refractivity contribution < 1.29 is 26.3 Å². The second kappa shape index (κ2) is 12.6. The Bertz CT molecular complexity index is 793. The highest BCUT2D eigenvalue weighted by Crippen LogP contribution is 2.30. The molecular weight excluding hydrogens is 443 g/mol. The zero-order valence-corrected chi connectivity index (χ0v) is 19.4. The molecule has 0 atom stereocenters. The third-order valence-electron chi connectivity index (χ3n) is 5.43. The molecule has 1 aliphatic heterocycles. The van der Waals surface area contributed by atoms with Crippen molar-refractivity contribution in [3.05, 3.63) is 42.5 Å². The first kappa shape index (κ1) is 26.6. The number of unbranched alkanes of at least 4 members (excludes halogenated alkanes) is 3. The quantitative estimate of drug-likeness (QED) is 0.335. The number of benzene rings is 1. The number of likely N-dealkylation sites (N-methyl/N-ethyl adjacent to an activating group) is 1. The van der Waals surface area contributed by atoms with E-state index in [1.54, 1.807) is 0 Å². The van der Waals surface area contributed by atoms with Gasteiger partial charge in [-0.2, -0.15) is 25.9 Å². The lowest BCUT2D eigenvalue weighted by Crippen LogP contribution is -2.43. The van der Waals surface area contributed by atoms with Crippen LogP contribution >= 0.6 is 0 Å². The molecule has 1 fully saturated rings. The Kier molecular flexibility index (Phi) is 10.5. The van der Waals surface area contributed by atoms with E-state index in [2.05, 4.69) is 23.2 Å². The SMILES string of the molecule is C=CCN(C)CCCCCCOC1CCN(S(=O)(=O)Nc2ccc(C(F)(F)F)cc2)CC1. The van der Waals surface area contributed by atoms with Crippen LogP contribution in [-0.2, 0) is 21.1 Å². The standard InChI is InChI=1S/C22H34F3N3O3S/c1-3-14-27(2)15-6-4-5-7-18-31-21-12-16-28(17-13-21)32(29,30)26-20-10-8-19(9-11-20)22(23,24)25/h3,8-11,21,26H,1,4-7,12-18H2,2H3. The maximum atomic E-state index is 12.6. The van der Waals surface area contributed by atoms with Gasteiger partial charge < -0.3 is 9.64 Å². The predicted molar refractivity (Wildman–Crippen MR) is 121 cm³/mol. The zero-order valence-electron chi connectivity index (χ0n) is 18.6. The molecule has 0 amide bonds. The summed E-state index contributed by atoms with van der Waals surface area (Å²) in [6.07, 6.45) is 3.05. The number of nitrogens with one attached hydrogen (secondary N) is 1. The van der Waals surface area contributed by atoms with E-state index in [9.17, 15) is 21.6 Å². The molecule has 0 aliphatic carbocycles. The molecule has 32 heavy (non-hydrogen) atoms. The van der Waals surface area contributed by atoms with Gasteiger partial charge in [0.2, 0.25) is 0 Å². The molecule has 1 aromatic carbocycles. The van der Waals surface area contributed by atoms with Crippen LogP contribution in [0.25, 0.3) is 0 Å². The Hall–Kier alpha value is -1.62. The van der Waals surface area contributed by atoms with Crippen LogP contribution in [-0.4, -0.2) is 63.6 Å². The normalized spacial score (nSPS) is 16.4. The van der Waals surface area contributed by atoms with Gasteiger partial charge in [-0.25, -0.2) is 0 Å². The van der Waals surface area contributed by atoms with Gasteiger partial charge in [0.05, 0.1) is 11.7 Å². The van der Waals surface area contributed by atoms with Crippen LogP contribution in [0.5, 0.6) is 0 Å². The number of ether oxygens (including phenoxy) is 1. The first-order chi connectivity index (χ1) is 15.1. The first-order valence-electron chi connectivity index (χ1n) is 11.0. The first-order valence-corrected chi connectivity index (χ1v) is 12.4. The molecule has 1 N–H and O–H groups in total.